The molecule has 2 heterocycles. The molecule has 0 unspecified atom stereocenters. The van der Waals surface area contributed by atoms with Gasteiger partial charge in [0.05, 0.1) is 6.54 Å². The topological polar surface area (TPSA) is 95.1 Å². The van der Waals surface area contributed by atoms with Crippen LogP contribution in [-0.2, 0) is 6.54 Å². The number of hydrogen-bond donors (Lipinski definition) is 3. The maximum Gasteiger partial charge on any atom is 0.338 e. The molecular formula is C10H8FN3O3S. The van der Waals surface area contributed by atoms with Gasteiger partial charge in [0.15, 0.2) is 11.6 Å². The Morgan fingerprint density at radius 2 is 2.39 bits per heavy atom. The first-order valence-corrected chi connectivity index (χ1v) is 5.74. The fourth-order valence-corrected chi connectivity index (χ4v) is 1.89. The number of carbonyl (C=O) groups is 1. The fourth-order valence-electron chi connectivity index (χ4n) is 1.31. The zero-order valence-corrected chi connectivity index (χ0v) is 9.75. The summed E-state index contributed by atoms with van der Waals surface area (Å²) in [5.41, 5.74) is 0.123. The van der Waals surface area contributed by atoms with Gasteiger partial charge in [-0.2, -0.15) is 0 Å². The average molecular weight is 269 g/mol. The molecule has 94 valence electrons. The van der Waals surface area contributed by atoms with Gasteiger partial charge in [-0.25, -0.2) is 14.2 Å². The second kappa shape index (κ2) is 4.96. The minimum absolute atomic E-state index is 0.158. The molecule has 0 radical (unpaired) electrons. The number of halogens is 1. The Balaban J connectivity index is 2.17. The van der Waals surface area contributed by atoms with Crippen LogP contribution in [0.15, 0.2) is 22.4 Å². The van der Waals surface area contributed by atoms with Gasteiger partial charge in [0.2, 0.25) is 0 Å². The van der Waals surface area contributed by atoms with Crippen molar-refractivity contribution in [2.24, 2.45) is 0 Å². The van der Waals surface area contributed by atoms with Crippen molar-refractivity contribution in [2.45, 2.75) is 6.54 Å². The molecule has 0 spiro atoms. The number of nitrogens with one attached hydrogen (secondary N) is 2. The van der Waals surface area contributed by atoms with E-state index in [1.807, 2.05) is 0 Å². The number of anilines is 1. The van der Waals surface area contributed by atoms with Crippen LogP contribution in [0.25, 0.3) is 0 Å². The van der Waals surface area contributed by atoms with Crippen LogP contribution in [0.3, 0.4) is 0 Å². The van der Waals surface area contributed by atoms with Crippen molar-refractivity contribution < 1.29 is 14.3 Å². The van der Waals surface area contributed by atoms with Crippen LogP contribution in [-0.4, -0.2) is 21.0 Å². The molecule has 2 aromatic rings. The monoisotopic (exact) mass is 269 g/mol. The first-order chi connectivity index (χ1) is 8.58. The smallest absolute Gasteiger partial charge is 0.338 e. The summed E-state index contributed by atoms with van der Waals surface area (Å²) in [4.78, 5) is 27.6. The van der Waals surface area contributed by atoms with Crippen LogP contribution >= 0.6 is 11.3 Å². The SMILES string of the molecule is O=C(O)c1ccnc(NCc2csc(=O)[nH]2)c1F. The number of carboxylic acids is 1. The lowest BCUT2D eigenvalue weighted by Crippen LogP contribution is -2.09. The number of aromatic carboxylic acids is 1. The van der Waals surface area contributed by atoms with Gasteiger partial charge >= 0.3 is 10.8 Å². The third-order valence-electron chi connectivity index (χ3n) is 2.14. The fraction of sp³-hybridized carbons (Fsp3) is 0.100. The standard InChI is InChI=1S/C10H8FN3O3S/c11-7-6(9(15)16)1-2-12-8(7)13-3-5-4-18-10(17)14-5/h1-2,4H,3H2,(H,12,13)(H,14,17)(H,15,16). The molecular weight excluding hydrogens is 261 g/mol. The molecule has 0 amide bonds. The van der Waals surface area contributed by atoms with Crippen molar-refractivity contribution in [2.75, 3.05) is 5.32 Å². The van der Waals surface area contributed by atoms with Gasteiger partial charge < -0.3 is 15.4 Å². The maximum absolute atomic E-state index is 13.7. The van der Waals surface area contributed by atoms with E-state index >= 15 is 0 Å². The van der Waals surface area contributed by atoms with Gasteiger partial charge in [-0.05, 0) is 6.07 Å². The summed E-state index contributed by atoms with van der Waals surface area (Å²) >= 11 is 0.992. The number of pyridine rings is 1. The van der Waals surface area contributed by atoms with Crippen LogP contribution in [0.4, 0.5) is 10.2 Å². The first kappa shape index (κ1) is 12.2. The molecule has 0 bridgehead atoms. The number of thiazole rings is 1. The second-order valence-electron chi connectivity index (χ2n) is 3.35. The van der Waals surface area contributed by atoms with Crippen LogP contribution in [0, 0.1) is 5.82 Å². The first-order valence-electron chi connectivity index (χ1n) is 4.86. The van der Waals surface area contributed by atoms with Crippen LogP contribution in [0.1, 0.15) is 16.1 Å². The molecule has 0 aromatic carbocycles. The van der Waals surface area contributed by atoms with E-state index < -0.39 is 17.3 Å². The predicted molar refractivity (Wildman–Crippen MR) is 63.4 cm³/mol. The summed E-state index contributed by atoms with van der Waals surface area (Å²) in [7, 11) is 0. The molecule has 0 fully saturated rings. The quantitative estimate of drug-likeness (QED) is 0.777. The van der Waals surface area contributed by atoms with Crippen molar-refractivity contribution in [3.63, 3.8) is 0 Å². The van der Waals surface area contributed by atoms with E-state index in [2.05, 4.69) is 15.3 Å². The lowest BCUT2D eigenvalue weighted by Gasteiger charge is -2.06. The summed E-state index contributed by atoms with van der Waals surface area (Å²) < 4.78 is 13.7. The van der Waals surface area contributed by atoms with Crippen molar-refractivity contribution in [1.29, 1.82) is 0 Å². The molecule has 0 saturated heterocycles. The second-order valence-corrected chi connectivity index (χ2v) is 4.20. The number of rotatable bonds is 4. The molecule has 18 heavy (non-hydrogen) atoms. The van der Waals surface area contributed by atoms with Crippen LogP contribution in [0.2, 0.25) is 0 Å². The zero-order chi connectivity index (χ0) is 13.1. The summed E-state index contributed by atoms with van der Waals surface area (Å²) in [5.74, 6) is -2.45. The number of nitrogens with zero attached hydrogens (tertiary/aromatic N) is 1. The highest BCUT2D eigenvalue weighted by atomic mass is 32.1. The molecule has 8 heteroatoms. The molecule has 6 nitrogen and oxygen atoms in total. The molecule has 3 N–H and O–H groups in total. The highest BCUT2D eigenvalue weighted by molar-refractivity contribution is 7.07. The summed E-state index contributed by atoms with van der Waals surface area (Å²) in [6.45, 7) is 0.158. The number of aromatic nitrogens is 2. The largest absolute Gasteiger partial charge is 0.478 e. The predicted octanol–water partition coefficient (Wildman–Crippen LogP) is 1.28. The van der Waals surface area contributed by atoms with E-state index in [0.717, 1.165) is 17.4 Å². The summed E-state index contributed by atoms with van der Waals surface area (Å²) in [6, 6.07) is 1.08. The van der Waals surface area contributed by atoms with E-state index in [0.29, 0.717) is 5.69 Å². The van der Waals surface area contributed by atoms with Crippen molar-refractivity contribution in [3.8, 4) is 0 Å². The van der Waals surface area contributed by atoms with Gasteiger partial charge in [0.25, 0.3) is 0 Å². The van der Waals surface area contributed by atoms with Gasteiger partial charge in [0.1, 0.15) is 5.56 Å². The molecule has 2 rings (SSSR count). The molecule has 2 aromatic heterocycles. The Kier molecular flexibility index (Phi) is 3.38. The van der Waals surface area contributed by atoms with E-state index in [1.165, 1.54) is 6.20 Å². The molecule has 0 aliphatic heterocycles. The molecule has 0 saturated carbocycles. The van der Waals surface area contributed by atoms with Crippen LogP contribution < -0.4 is 10.2 Å². The van der Waals surface area contributed by atoms with E-state index in [4.69, 9.17) is 5.11 Å². The molecule has 0 aliphatic rings. The van der Waals surface area contributed by atoms with Gasteiger partial charge in [0, 0.05) is 17.3 Å². The molecule has 0 aliphatic carbocycles. The minimum Gasteiger partial charge on any atom is -0.478 e. The zero-order valence-electron chi connectivity index (χ0n) is 8.94. The van der Waals surface area contributed by atoms with Crippen molar-refractivity contribution >= 4 is 23.1 Å². The Morgan fingerprint density at radius 3 is 3.00 bits per heavy atom. The van der Waals surface area contributed by atoms with Gasteiger partial charge in [-0.3, -0.25) is 4.79 Å². The highest BCUT2D eigenvalue weighted by Crippen LogP contribution is 2.15. The number of H-pyrrole nitrogens is 1. The van der Waals surface area contributed by atoms with E-state index in [9.17, 15) is 14.0 Å². The van der Waals surface area contributed by atoms with Crippen LogP contribution in [0.5, 0.6) is 0 Å². The minimum atomic E-state index is -1.36. The summed E-state index contributed by atoms with van der Waals surface area (Å²) in [5, 5.41) is 13.0. The average Bonchev–Trinajstić information content (AvgIpc) is 2.73. The van der Waals surface area contributed by atoms with Gasteiger partial charge in [-0.15, -0.1) is 0 Å². The maximum atomic E-state index is 13.7. The third kappa shape index (κ3) is 2.54. The Bertz CT molecular complexity index is 637. The lowest BCUT2D eigenvalue weighted by atomic mass is 10.2. The Morgan fingerprint density at radius 1 is 1.61 bits per heavy atom. The number of hydrogen-bond acceptors (Lipinski definition) is 5. The van der Waals surface area contributed by atoms with Gasteiger partial charge in [-0.1, -0.05) is 11.3 Å². The van der Waals surface area contributed by atoms with E-state index in [1.54, 1.807) is 5.38 Å². The lowest BCUT2D eigenvalue weighted by molar-refractivity contribution is 0.0692. The highest BCUT2D eigenvalue weighted by Gasteiger charge is 2.14. The molecule has 0 atom stereocenters. The third-order valence-corrected chi connectivity index (χ3v) is 2.86. The van der Waals surface area contributed by atoms with Crippen molar-refractivity contribution in [1.82, 2.24) is 9.97 Å². The number of carboxylic acid groups (broad SMARTS) is 1. The van der Waals surface area contributed by atoms with Crippen molar-refractivity contribution in [3.05, 3.63) is 44.4 Å². The van der Waals surface area contributed by atoms with E-state index in [-0.39, 0.29) is 17.2 Å². The summed E-state index contributed by atoms with van der Waals surface area (Å²) in [6.07, 6.45) is 1.20. The Labute approximate surface area is 104 Å². The Hall–Kier alpha value is -2.22. The number of aromatic amines is 1. The normalized spacial score (nSPS) is 10.3.